The molecule has 8 N–H and O–H groups in total. The fourth-order valence-corrected chi connectivity index (χ4v) is 4.18. The van der Waals surface area contributed by atoms with Gasteiger partial charge in [0.05, 0.1) is 44.3 Å². The fraction of sp³-hybridized carbons (Fsp3) is 0.808. The molecule has 0 heterocycles. The average Bonchev–Trinajstić information content (AvgIpc) is 2.89. The number of phosphoric ester groups is 1. The number of hydrogen-bond acceptors (Lipinski definition) is 12. The van der Waals surface area contributed by atoms with Crippen molar-refractivity contribution >= 4 is 37.5 Å². The van der Waals surface area contributed by atoms with E-state index in [1.54, 1.807) is 0 Å². The number of nitrogens with one attached hydrogen (secondary N) is 3. The minimum absolute atomic E-state index is 0.0539. The largest absolute Gasteiger partial charge is 0.469 e. The topological polar surface area (TPSA) is 267 Å². The molecule has 0 rings (SSSR count). The summed E-state index contributed by atoms with van der Waals surface area (Å²) < 4.78 is 25.5. The third-order valence-corrected chi connectivity index (χ3v) is 6.38. The third kappa shape index (κ3) is 23.8. The Balaban J connectivity index is 5.02. The van der Waals surface area contributed by atoms with E-state index in [1.165, 1.54) is 20.8 Å². The smallest absolute Gasteiger partial charge is 0.463 e. The van der Waals surface area contributed by atoms with Gasteiger partial charge in [0.15, 0.2) is 0 Å². The number of esters is 2. The van der Waals surface area contributed by atoms with Crippen LogP contribution < -0.4 is 16.0 Å². The maximum absolute atomic E-state index is 12.8. The van der Waals surface area contributed by atoms with E-state index < -0.39 is 74.5 Å². The number of aliphatic hydroxyl groups excluding tert-OH is 3. The predicted octanol–water partition coefficient (Wildman–Crippen LogP) is -1.08. The van der Waals surface area contributed by atoms with E-state index in [-0.39, 0.29) is 58.3 Å². The molecule has 0 aromatic rings. The van der Waals surface area contributed by atoms with E-state index in [0.29, 0.717) is 19.3 Å². The normalized spacial score (nSPS) is 14.8. The summed E-state index contributed by atoms with van der Waals surface area (Å²) in [6.07, 6.45) is -1.38. The second kappa shape index (κ2) is 22.8. The van der Waals surface area contributed by atoms with Gasteiger partial charge in [0.1, 0.15) is 18.8 Å². The van der Waals surface area contributed by atoms with Gasteiger partial charge in [-0.2, -0.15) is 0 Å². The van der Waals surface area contributed by atoms with Crippen molar-refractivity contribution < 1.29 is 67.6 Å². The van der Waals surface area contributed by atoms with Crippen molar-refractivity contribution in [3.05, 3.63) is 0 Å². The zero-order chi connectivity index (χ0) is 33.7. The molecule has 0 aliphatic rings. The lowest BCUT2D eigenvalue weighted by atomic mass is 10.1. The number of phosphoric acid groups is 1. The van der Waals surface area contributed by atoms with E-state index in [1.807, 2.05) is 0 Å². The number of rotatable bonds is 24. The molecule has 1 unspecified atom stereocenters. The van der Waals surface area contributed by atoms with Gasteiger partial charge in [-0.1, -0.05) is 6.42 Å². The molecular weight excluding hydrogens is 609 g/mol. The monoisotopic (exact) mass is 657 g/mol. The second-order valence-electron chi connectivity index (χ2n) is 10.4. The lowest BCUT2D eigenvalue weighted by Gasteiger charge is -2.21. The number of ether oxygens (including phenoxy) is 2. The number of amides is 3. The molecule has 17 nitrogen and oxygen atoms in total. The van der Waals surface area contributed by atoms with Crippen LogP contribution in [0.1, 0.15) is 78.6 Å². The Morgan fingerprint density at radius 2 is 1.55 bits per heavy atom. The zero-order valence-corrected chi connectivity index (χ0v) is 26.3. The molecule has 0 fully saturated rings. The van der Waals surface area contributed by atoms with Crippen molar-refractivity contribution in [1.82, 2.24) is 16.0 Å². The average molecular weight is 658 g/mol. The van der Waals surface area contributed by atoms with Crippen molar-refractivity contribution in [2.75, 3.05) is 26.4 Å². The quantitative estimate of drug-likeness (QED) is 0.0349. The zero-order valence-electron chi connectivity index (χ0n) is 25.4. The highest BCUT2D eigenvalue weighted by molar-refractivity contribution is 7.46. The molecule has 0 aromatic heterocycles. The van der Waals surface area contributed by atoms with Crippen molar-refractivity contribution in [2.24, 2.45) is 0 Å². The molecule has 0 radical (unpaired) electrons. The van der Waals surface area contributed by atoms with Crippen LogP contribution in [0, 0.1) is 0 Å². The highest BCUT2D eigenvalue weighted by Gasteiger charge is 2.24. The minimum atomic E-state index is -4.82. The summed E-state index contributed by atoms with van der Waals surface area (Å²) in [4.78, 5) is 78.4. The number of carbonyl (C=O) groups is 5. The highest BCUT2D eigenvalue weighted by atomic mass is 31.2. The van der Waals surface area contributed by atoms with Crippen LogP contribution in [0.5, 0.6) is 0 Å². The summed E-state index contributed by atoms with van der Waals surface area (Å²) in [5, 5.41) is 35.4. The Hall–Kier alpha value is -2.66. The highest BCUT2D eigenvalue weighted by Crippen LogP contribution is 2.35. The number of aliphatic hydroxyl groups is 3. The molecule has 44 heavy (non-hydrogen) atoms. The van der Waals surface area contributed by atoms with Crippen molar-refractivity contribution in [3.63, 3.8) is 0 Å². The maximum atomic E-state index is 12.8. The lowest BCUT2D eigenvalue weighted by molar-refractivity contribution is -0.147. The van der Waals surface area contributed by atoms with Crippen molar-refractivity contribution in [2.45, 2.75) is 109 Å². The molecule has 0 bridgehead atoms. The summed E-state index contributed by atoms with van der Waals surface area (Å²) in [6.45, 7) is 3.06. The number of unbranched alkanes of at least 4 members (excludes halogenated alkanes) is 1. The minimum Gasteiger partial charge on any atom is -0.463 e. The van der Waals surface area contributed by atoms with Gasteiger partial charge in [-0.05, 0) is 39.5 Å². The first kappa shape index (κ1) is 41.3. The van der Waals surface area contributed by atoms with Crippen molar-refractivity contribution in [3.8, 4) is 0 Å². The van der Waals surface area contributed by atoms with Crippen LogP contribution >= 0.6 is 7.82 Å². The summed E-state index contributed by atoms with van der Waals surface area (Å²) in [7, 11) is -4.82. The number of carbonyl (C=O) groups excluding carboxylic acids is 5. The molecule has 0 saturated heterocycles. The van der Waals surface area contributed by atoms with Gasteiger partial charge in [-0.15, -0.1) is 0 Å². The molecule has 0 aliphatic heterocycles. The molecule has 18 heteroatoms. The van der Waals surface area contributed by atoms with Gasteiger partial charge in [-0.25, -0.2) is 4.57 Å². The van der Waals surface area contributed by atoms with E-state index in [2.05, 4.69) is 20.5 Å². The summed E-state index contributed by atoms with van der Waals surface area (Å²) in [5.41, 5.74) is 0. The first-order valence-corrected chi connectivity index (χ1v) is 15.9. The first-order chi connectivity index (χ1) is 20.5. The van der Waals surface area contributed by atoms with E-state index >= 15 is 0 Å². The number of hydrogen-bond donors (Lipinski definition) is 8. The molecule has 3 amide bonds. The Bertz CT molecular complexity index is 945. The Morgan fingerprint density at radius 1 is 0.886 bits per heavy atom. The van der Waals surface area contributed by atoms with Gasteiger partial charge >= 0.3 is 19.8 Å². The van der Waals surface area contributed by atoms with E-state index in [0.717, 1.165) is 0 Å². The van der Waals surface area contributed by atoms with E-state index in [4.69, 9.17) is 24.4 Å². The standard InChI is InChI=1S/C26H48N3O14P/c1-17(31)13-23(34)28-20(16-41-25(36)9-5-4-8-21(33)15-30)7-6-11-27-26(37)22(10-12-42-44(38,39)40)29-24(35)14-18(2)43-19(3)32/h17-18,20-22,30-31,33H,4-16H2,1-3H3,(H,27,37)(H,28,34)(H,29,35)(H2,38,39,40)/t17-,18-,20-,21?,22+/m1/s1. The van der Waals surface area contributed by atoms with Crippen molar-refractivity contribution in [1.29, 1.82) is 0 Å². The van der Waals surface area contributed by atoms with Crippen LogP contribution in [0.15, 0.2) is 0 Å². The van der Waals surface area contributed by atoms with Gasteiger partial charge in [-0.3, -0.25) is 28.5 Å². The van der Waals surface area contributed by atoms with Crippen LogP contribution in [-0.4, -0.2) is 112 Å². The SMILES string of the molecule is CC(=O)O[C@H](C)CC(=O)N[C@@H](CCOP(=O)(O)O)C(=O)NCCC[C@H](COC(=O)CCCCC(O)CO)NC(=O)C[C@@H](C)O. The maximum Gasteiger partial charge on any atom is 0.469 e. The molecule has 5 atom stereocenters. The Labute approximate surface area is 256 Å². The van der Waals surface area contributed by atoms with Crippen LogP contribution in [0.4, 0.5) is 0 Å². The van der Waals surface area contributed by atoms with Gasteiger partial charge in [0.2, 0.25) is 17.7 Å². The van der Waals surface area contributed by atoms with Crippen LogP contribution in [0.2, 0.25) is 0 Å². The molecule has 0 aliphatic carbocycles. The summed E-state index contributed by atoms with van der Waals surface area (Å²) in [5.74, 6) is -2.92. The van der Waals surface area contributed by atoms with Gasteiger partial charge in [0.25, 0.3) is 0 Å². The fourth-order valence-electron chi connectivity index (χ4n) is 3.84. The summed E-state index contributed by atoms with van der Waals surface area (Å²) in [6, 6.07) is -1.88. The lowest BCUT2D eigenvalue weighted by Crippen LogP contribution is -2.48. The summed E-state index contributed by atoms with van der Waals surface area (Å²) >= 11 is 0. The van der Waals surface area contributed by atoms with Crippen LogP contribution in [0.3, 0.4) is 0 Å². The first-order valence-electron chi connectivity index (χ1n) is 14.4. The van der Waals surface area contributed by atoms with E-state index in [9.17, 15) is 38.8 Å². The van der Waals surface area contributed by atoms with Gasteiger partial charge < -0.3 is 50.5 Å². The predicted molar refractivity (Wildman–Crippen MR) is 153 cm³/mol. The van der Waals surface area contributed by atoms with Crippen LogP contribution in [0.25, 0.3) is 0 Å². The molecule has 0 saturated carbocycles. The van der Waals surface area contributed by atoms with Gasteiger partial charge in [0, 0.05) is 26.3 Å². The molecule has 0 aromatic carbocycles. The Kier molecular flexibility index (Phi) is 21.4. The second-order valence-corrected chi connectivity index (χ2v) is 11.6. The molecular formula is C26H48N3O14P. The molecule has 256 valence electrons. The van der Waals surface area contributed by atoms with Crippen LogP contribution in [-0.2, 0) is 42.5 Å². The third-order valence-electron chi connectivity index (χ3n) is 5.86. The Morgan fingerprint density at radius 3 is 2.14 bits per heavy atom. The molecule has 0 spiro atoms.